The van der Waals surface area contributed by atoms with E-state index in [2.05, 4.69) is 0 Å². The average molecular weight is 258 g/mol. The van der Waals surface area contributed by atoms with Crippen molar-refractivity contribution in [2.45, 2.75) is 25.2 Å². The molecule has 1 saturated carbocycles. The zero-order valence-electron chi connectivity index (χ0n) is 9.67. The van der Waals surface area contributed by atoms with Crippen molar-refractivity contribution in [1.82, 2.24) is 0 Å². The van der Waals surface area contributed by atoms with Crippen LogP contribution in [0.1, 0.15) is 29.6 Å². The second-order valence-corrected chi connectivity index (χ2v) is 4.58. The number of alkyl halides is 2. The third-order valence-corrected chi connectivity index (χ3v) is 3.08. The first kappa shape index (κ1) is 12.9. The summed E-state index contributed by atoms with van der Waals surface area (Å²) < 4.78 is 44.1. The first-order valence-electron chi connectivity index (χ1n) is 5.75. The van der Waals surface area contributed by atoms with Crippen LogP contribution in [0.5, 0.6) is 5.75 Å². The number of carbonyl (C=O) groups is 1. The topological polar surface area (TPSA) is 26.3 Å². The fourth-order valence-corrected chi connectivity index (χ4v) is 2.13. The van der Waals surface area contributed by atoms with E-state index in [9.17, 15) is 18.0 Å². The van der Waals surface area contributed by atoms with Gasteiger partial charge in [0.25, 0.3) is 0 Å². The molecular formula is C13H13F3O2. The minimum atomic E-state index is -2.61. The van der Waals surface area contributed by atoms with Gasteiger partial charge in [-0.15, -0.1) is 0 Å². The van der Waals surface area contributed by atoms with Crippen LogP contribution in [0.2, 0.25) is 0 Å². The molecule has 0 saturated heterocycles. The number of ether oxygens (including phenoxy) is 1. The third kappa shape index (κ3) is 3.03. The van der Waals surface area contributed by atoms with Gasteiger partial charge in [0.2, 0.25) is 5.92 Å². The molecule has 98 valence electrons. The summed E-state index contributed by atoms with van der Waals surface area (Å²) in [6.45, 7) is 0.127. The van der Waals surface area contributed by atoms with Crippen molar-refractivity contribution in [3.05, 3.63) is 29.6 Å². The lowest BCUT2D eigenvalue weighted by Gasteiger charge is -2.13. The molecule has 0 heterocycles. The number of hydrogen-bond acceptors (Lipinski definition) is 2. The van der Waals surface area contributed by atoms with Crippen LogP contribution in [0, 0.1) is 11.7 Å². The van der Waals surface area contributed by atoms with Crippen LogP contribution in [0.25, 0.3) is 0 Å². The number of rotatable bonds is 4. The minimum Gasteiger partial charge on any atom is -0.493 e. The maximum Gasteiger partial charge on any atom is 0.248 e. The van der Waals surface area contributed by atoms with Gasteiger partial charge in [-0.3, -0.25) is 4.79 Å². The molecule has 0 aromatic heterocycles. The Morgan fingerprint density at radius 3 is 2.83 bits per heavy atom. The lowest BCUT2D eigenvalue weighted by molar-refractivity contribution is 0.00289. The predicted octanol–water partition coefficient (Wildman–Crippen LogP) is 3.45. The van der Waals surface area contributed by atoms with Gasteiger partial charge in [-0.1, -0.05) is 0 Å². The van der Waals surface area contributed by atoms with Gasteiger partial charge in [0, 0.05) is 12.8 Å². The van der Waals surface area contributed by atoms with E-state index in [1.54, 1.807) is 0 Å². The second-order valence-electron chi connectivity index (χ2n) is 4.58. The first-order chi connectivity index (χ1) is 8.50. The van der Waals surface area contributed by atoms with E-state index in [4.69, 9.17) is 4.74 Å². The zero-order chi connectivity index (χ0) is 13.2. The van der Waals surface area contributed by atoms with E-state index >= 15 is 0 Å². The average Bonchev–Trinajstić information content (AvgIpc) is 2.67. The number of aldehydes is 1. The molecule has 0 amide bonds. The standard InChI is InChI=1S/C13H13F3O2/c14-11-1-2-12(10(5-11)7-17)18-8-9-3-4-13(15,16)6-9/h1-2,5,7,9H,3-4,6,8H2. The van der Waals surface area contributed by atoms with Gasteiger partial charge in [0.1, 0.15) is 11.6 Å². The molecule has 2 rings (SSSR count). The Morgan fingerprint density at radius 1 is 1.44 bits per heavy atom. The van der Waals surface area contributed by atoms with E-state index in [0.717, 1.165) is 6.07 Å². The van der Waals surface area contributed by atoms with Gasteiger partial charge in [-0.25, -0.2) is 13.2 Å². The lowest BCUT2D eigenvalue weighted by atomic mass is 10.1. The number of hydrogen-bond donors (Lipinski definition) is 0. The summed E-state index contributed by atoms with van der Waals surface area (Å²) in [7, 11) is 0. The fourth-order valence-electron chi connectivity index (χ4n) is 2.13. The first-order valence-corrected chi connectivity index (χ1v) is 5.75. The molecular weight excluding hydrogens is 245 g/mol. The van der Waals surface area contributed by atoms with Gasteiger partial charge in [-0.2, -0.15) is 0 Å². The van der Waals surface area contributed by atoms with Crippen LogP contribution in [-0.2, 0) is 0 Å². The van der Waals surface area contributed by atoms with Crippen LogP contribution in [0.4, 0.5) is 13.2 Å². The van der Waals surface area contributed by atoms with Gasteiger partial charge in [0.15, 0.2) is 6.29 Å². The lowest BCUT2D eigenvalue weighted by Crippen LogP contribution is -2.14. The van der Waals surface area contributed by atoms with E-state index in [0.29, 0.717) is 12.7 Å². The molecule has 1 aliphatic carbocycles. The summed E-state index contributed by atoms with van der Waals surface area (Å²) in [5.74, 6) is -3.12. The van der Waals surface area contributed by atoms with Crippen LogP contribution in [-0.4, -0.2) is 18.8 Å². The van der Waals surface area contributed by atoms with Crippen molar-refractivity contribution in [2.24, 2.45) is 5.92 Å². The number of benzene rings is 1. The third-order valence-electron chi connectivity index (χ3n) is 3.08. The smallest absolute Gasteiger partial charge is 0.248 e. The quantitative estimate of drug-likeness (QED) is 0.773. The van der Waals surface area contributed by atoms with Crippen molar-refractivity contribution in [3.63, 3.8) is 0 Å². The van der Waals surface area contributed by atoms with Crippen LogP contribution < -0.4 is 4.74 Å². The van der Waals surface area contributed by atoms with Crippen LogP contribution >= 0.6 is 0 Å². The van der Waals surface area contributed by atoms with Gasteiger partial charge >= 0.3 is 0 Å². The predicted molar refractivity (Wildman–Crippen MR) is 59.6 cm³/mol. The molecule has 1 aromatic carbocycles. The summed E-state index contributed by atoms with van der Waals surface area (Å²) in [6, 6.07) is 3.57. The Kier molecular flexibility index (Phi) is 3.59. The van der Waals surface area contributed by atoms with Crippen molar-refractivity contribution in [3.8, 4) is 5.75 Å². The fraction of sp³-hybridized carbons (Fsp3) is 0.462. The van der Waals surface area contributed by atoms with Crippen molar-refractivity contribution >= 4 is 6.29 Å². The van der Waals surface area contributed by atoms with Crippen LogP contribution in [0.15, 0.2) is 18.2 Å². The molecule has 1 unspecified atom stereocenters. The molecule has 1 fully saturated rings. The molecule has 0 bridgehead atoms. The molecule has 1 aromatic rings. The second kappa shape index (κ2) is 5.00. The summed E-state index contributed by atoms with van der Waals surface area (Å²) >= 11 is 0. The summed E-state index contributed by atoms with van der Waals surface area (Å²) in [5.41, 5.74) is 0.0970. The Hall–Kier alpha value is -1.52. The molecule has 0 N–H and O–H groups in total. The van der Waals surface area contributed by atoms with Crippen LogP contribution in [0.3, 0.4) is 0 Å². The van der Waals surface area contributed by atoms with Crippen molar-refractivity contribution in [2.75, 3.05) is 6.61 Å². The number of halogens is 3. The van der Waals surface area contributed by atoms with Gasteiger partial charge in [0.05, 0.1) is 12.2 Å². The largest absolute Gasteiger partial charge is 0.493 e. The Bertz CT molecular complexity index is 446. The van der Waals surface area contributed by atoms with Crippen molar-refractivity contribution in [1.29, 1.82) is 0 Å². The molecule has 5 heteroatoms. The molecule has 2 nitrogen and oxygen atoms in total. The van der Waals surface area contributed by atoms with E-state index in [-0.39, 0.29) is 36.7 Å². The Balaban J connectivity index is 1.96. The Labute approximate surface area is 103 Å². The van der Waals surface area contributed by atoms with Gasteiger partial charge < -0.3 is 4.74 Å². The highest BCUT2D eigenvalue weighted by molar-refractivity contribution is 5.79. The molecule has 0 aliphatic heterocycles. The molecule has 1 aliphatic rings. The highest BCUT2D eigenvalue weighted by Crippen LogP contribution is 2.39. The highest BCUT2D eigenvalue weighted by atomic mass is 19.3. The molecule has 1 atom stereocenters. The maximum atomic E-state index is 13.0. The van der Waals surface area contributed by atoms with Crippen molar-refractivity contribution < 1.29 is 22.7 Å². The number of carbonyl (C=O) groups excluding carboxylic acids is 1. The highest BCUT2D eigenvalue weighted by Gasteiger charge is 2.39. The minimum absolute atomic E-state index is 0.0970. The van der Waals surface area contributed by atoms with E-state index in [1.807, 2.05) is 0 Å². The van der Waals surface area contributed by atoms with E-state index in [1.165, 1.54) is 12.1 Å². The monoisotopic (exact) mass is 258 g/mol. The van der Waals surface area contributed by atoms with E-state index < -0.39 is 11.7 Å². The summed E-state index contributed by atoms with van der Waals surface area (Å²) in [5, 5.41) is 0. The van der Waals surface area contributed by atoms with Gasteiger partial charge in [-0.05, 0) is 30.5 Å². The zero-order valence-corrected chi connectivity index (χ0v) is 9.67. The summed E-state index contributed by atoms with van der Waals surface area (Å²) in [6.07, 6.45) is 0.585. The molecule has 18 heavy (non-hydrogen) atoms. The normalized spacial score (nSPS) is 21.8. The SMILES string of the molecule is O=Cc1cc(F)ccc1OCC1CCC(F)(F)C1. The summed E-state index contributed by atoms with van der Waals surface area (Å²) in [4.78, 5) is 10.7. The maximum absolute atomic E-state index is 13.0. The molecule has 0 spiro atoms. The molecule has 0 radical (unpaired) electrons. The Morgan fingerprint density at radius 2 is 2.22 bits per heavy atom.